The molecule has 2 aromatic carbocycles. The number of halogens is 2. The maximum atomic E-state index is 13.8. The maximum Gasteiger partial charge on any atom is 0.263 e. The summed E-state index contributed by atoms with van der Waals surface area (Å²) in [5.41, 5.74) is 4.13. The van der Waals surface area contributed by atoms with Gasteiger partial charge < -0.3 is 0 Å². The molecule has 0 radical (unpaired) electrons. The monoisotopic (exact) mass is 454 g/mol. The van der Waals surface area contributed by atoms with Crippen LogP contribution in [0.3, 0.4) is 0 Å². The Kier molecular flexibility index (Phi) is 5.18. The predicted octanol–water partition coefficient (Wildman–Crippen LogP) is 6.67. The van der Waals surface area contributed by atoms with Gasteiger partial charge in [0.05, 0.1) is 11.9 Å². The average molecular weight is 455 g/mol. The van der Waals surface area contributed by atoms with Crippen LogP contribution in [0.1, 0.15) is 34.4 Å². The Balaban J connectivity index is 1.78. The first-order valence-electron chi connectivity index (χ1n) is 10.1. The number of nitrogens with zero attached hydrogens (tertiary/aromatic N) is 2. The fourth-order valence-electron chi connectivity index (χ4n) is 4.21. The van der Waals surface area contributed by atoms with Gasteiger partial charge in [-0.2, -0.15) is 0 Å². The van der Waals surface area contributed by atoms with Crippen LogP contribution >= 0.6 is 34.5 Å². The Morgan fingerprint density at radius 1 is 1.10 bits per heavy atom. The van der Waals surface area contributed by atoms with Crippen LogP contribution in [0.15, 0.2) is 47.3 Å². The van der Waals surface area contributed by atoms with Gasteiger partial charge in [0.15, 0.2) is 0 Å². The van der Waals surface area contributed by atoms with Crippen molar-refractivity contribution in [2.24, 2.45) is 0 Å². The van der Waals surface area contributed by atoms with E-state index in [9.17, 15) is 4.79 Å². The third kappa shape index (κ3) is 3.47. The van der Waals surface area contributed by atoms with E-state index < -0.39 is 0 Å². The standard InChI is InChI=1S/C24H20Cl2N2OS/c1-14-5-4-6-15(11-14)22-27-23-21(18-7-2-3-8-20(18)30-23)24(29)28(22)13-16-9-10-17(25)12-19(16)26/h4-6,9-12H,2-3,7-8,13H2,1H3. The van der Waals surface area contributed by atoms with Gasteiger partial charge in [0, 0.05) is 20.5 Å². The summed E-state index contributed by atoms with van der Waals surface area (Å²) in [5, 5.41) is 1.92. The highest BCUT2D eigenvalue weighted by Crippen LogP contribution is 2.35. The molecule has 4 aromatic rings. The van der Waals surface area contributed by atoms with Crippen LogP contribution in [-0.4, -0.2) is 9.55 Å². The zero-order chi connectivity index (χ0) is 20.8. The van der Waals surface area contributed by atoms with Crippen molar-refractivity contribution in [1.82, 2.24) is 9.55 Å². The van der Waals surface area contributed by atoms with E-state index in [0.29, 0.717) is 22.4 Å². The van der Waals surface area contributed by atoms with Crippen molar-refractivity contribution in [2.45, 2.75) is 39.2 Å². The van der Waals surface area contributed by atoms with E-state index >= 15 is 0 Å². The molecule has 0 aliphatic heterocycles. The predicted molar refractivity (Wildman–Crippen MR) is 126 cm³/mol. The lowest BCUT2D eigenvalue weighted by Crippen LogP contribution is -2.24. The van der Waals surface area contributed by atoms with Crippen molar-refractivity contribution in [3.05, 3.63) is 84.4 Å². The molecule has 0 atom stereocenters. The number of hydrogen-bond donors (Lipinski definition) is 0. The molecule has 5 rings (SSSR count). The van der Waals surface area contributed by atoms with Gasteiger partial charge in [0.2, 0.25) is 0 Å². The van der Waals surface area contributed by atoms with Gasteiger partial charge in [0.1, 0.15) is 10.7 Å². The summed E-state index contributed by atoms with van der Waals surface area (Å²) in [6.45, 7) is 2.40. The molecule has 0 saturated heterocycles. The van der Waals surface area contributed by atoms with E-state index in [4.69, 9.17) is 28.2 Å². The van der Waals surface area contributed by atoms with Gasteiger partial charge in [-0.1, -0.05) is 53.0 Å². The molecular weight excluding hydrogens is 435 g/mol. The topological polar surface area (TPSA) is 34.9 Å². The van der Waals surface area contributed by atoms with E-state index in [2.05, 4.69) is 6.07 Å². The number of fused-ring (bicyclic) bond motifs is 3. The lowest BCUT2D eigenvalue weighted by Gasteiger charge is -2.15. The van der Waals surface area contributed by atoms with Crippen molar-refractivity contribution < 1.29 is 0 Å². The van der Waals surface area contributed by atoms with Crippen molar-refractivity contribution in [2.75, 3.05) is 0 Å². The molecule has 0 amide bonds. The van der Waals surface area contributed by atoms with Gasteiger partial charge in [0.25, 0.3) is 5.56 Å². The highest BCUT2D eigenvalue weighted by Gasteiger charge is 2.23. The molecule has 0 saturated carbocycles. The van der Waals surface area contributed by atoms with Crippen LogP contribution in [-0.2, 0) is 19.4 Å². The van der Waals surface area contributed by atoms with Crippen LogP contribution < -0.4 is 5.56 Å². The fraction of sp³-hybridized carbons (Fsp3) is 0.250. The molecule has 1 aliphatic rings. The van der Waals surface area contributed by atoms with Crippen LogP contribution in [0.5, 0.6) is 0 Å². The molecule has 2 heterocycles. The molecule has 0 fully saturated rings. The van der Waals surface area contributed by atoms with Crippen molar-refractivity contribution >= 4 is 44.8 Å². The number of aryl methyl sites for hydroxylation is 3. The lowest BCUT2D eigenvalue weighted by molar-refractivity contribution is 0.698. The number of thiophene rings is 1. The molecule has 0 spiro atoms. The Bertz CT molecular complexity index is 1340. The third-order valence-corrected chi connectivity index (χ3v) is 7.47. The van der Waals surface area contributed by atoms with Gasteiger partial charge in [-0.25, -0.2) is 4.98 Å². The molecule has 2 aromatic heterocycles. The molecule has 0 bridgehead atoms. The molecule has 152 valence electrons. The van der Waals surface area contributed by atoms with Crippen LogP contribution in [0.25, 0.3) is 21.6 Å². The zero-order valence-electron chi connectivity index (χ0n) is 16.5. The number of rotatable bonds is 3. The van der Waals surface area contributed by atoms with E-state index in [-0.39, 0.29) is 5.56 Å². The fourth-order valence-corrected chi connectivity index (χ4v) is 5.93. The SMILES string of the molecule is Cc1cccc(-c2nc3sc4c(c3c(=O)n2Cc2ccc(Cl)cc2Cl)CCCC4)c1. The average Bonchev–Trinajstić information content (AvgIpc) is 3.10. The van der Waals surface area contributed by atoms with E-state index in [1.807, 2.05) is 31.2 Å². The molecule has 3 nitrogen and oxygen atoms in total. The van der Waals surface area contributed by atoms with Crippen molar-refractivity contribution in [3.63, 3.8) is 0 Å². The van der Waals surface area contributed by atoms with Crippen LogP contribution in [0.2, 0.25) is 10.0 Å². The largest absolute Gasteiger partial charge is 0.287 e. The first-order valence-corrected chi connectivity index (χ1v) is 11.6. The number of benzene rings is 2. The lowest BCUT2D eigenvalue weighted by atomic mass is 9.97. The smallest absolute Gasteiger partial charge is 0.263 e. The number of aromatic nitrogens is 2. The van der Waals surface area contributed by atoms with Gasteiger partial charge in [-0.15, -0.1) is 11.3 Å². The normalized spacial score (nSPS) is 13.6. The van der Waals surface area contributed by atoms with Gasteiger partial charge >= 0.3 is 0 Å². The molecule has 0 unspecified atom stereocenters. The van der Waals surface area contributed by atoms with Gasteiger partial charge in [-0.3, -0.25) is 9.36 Å². The highest BCUT2D eigenvalue weighted by atomic mass is 35.5. The second kappa shape index (κ2) is 7.84. The summed E-state index contributed by atoms with van der Waals surface area (Å²) >= 11 is 14.2. The Labute approximate surface area is 188 Å². The maximum absolute atomic E-state index is 13.8. The van der Waals surface area contributed by atoms with E-state index in [1.165, 1.54) is 16.9 Å². The molecule has 0 N–H and O–H groups in total. The summed E-state index contributed by atoms with van der Waals surface area (Å²) in [6.07, 6.45) is 4.30. The summed E-state index contributed by atoms with van der Waals surface area (Å²) in [5.74, 6) is 0.681. The Morgan fingerprint density at radius 2 is 1.93 bits per heavy atom. The van der Waals surface area contributed by atoms with E-state index in [0.717, 1.165) is 46.2 Å². The number of hydrogen-bond acceptors (Lipinski definition) is 3. The minimum atomic E-state index is 0.0157. The zero-order valence-corrected chi connectivity index (χ0v) is 18.9. The highest BCUT2D eigenvalue weighted by molar-refractivity contribution is 7.18. The minimum Gasteiger partial charge on any atom is -0.287 e. The molecular formula is C24H20Cl2N2OS. The van der Waals surface area contributed by atoms with Gasteiger partial charge in [-0.05, 0) is 61.9 Å². The summed E-state index contributed by atoms with van der Waals surface area (Å²) < 4.78 is 1.77. The third-order valence-electron chi connectivity index (χ3n) is 5.69. The second-order valence-corrected chi connectivity index (χ2v) is 9.75. The quantitative estimate of drug-likeness (QED) is 0.346. The van der Waals surface area contributed by atoms with Crippen LogP contribution in [0.4, 0.5) is 0 Å². The molecule has 6 heteroatoms. The summed E-state index contributed by atoms with van der Waals surface area (Å²) in [4.78, 5) is 21.0. The van der Waals surface area contributed by atoms with E-state index in [1.54, 1.807) is 28.0 Å². The Hall–Kier alpha value is -2.14. The first-order chi connectivity index (χ1) is 14.5. The summed E-state index contributed by atoms with van der Waals surface area (Å²) in [6, 6.07) is 13.5. The Morgan fingerprint density at radius 3 is 2.73 bits per heavy atom. The molecule has 30 heavy (non-hydrogen) atoms. The molecule has 1 aliphatic carbocycles. The van der Waals surface area contributed by atoms with Crippen molar-refractivity contribution in [1.29, 1.82) is 0 Å². The summed E-state index contributed by atoms with van der Waals surface area (Å²) in [7, 11) is 0. The van der Waals surface area contributed by atoms with Crippen LogP contribution in [0, 0.1) is 6.92 Å². The minimum absolute atomic E-state index is 0.0157. The van der Waals surface area contributed by atoms with Crippen molar-refractivity contribution in [3.8, 4) is 11.4 Å². The first kappa shape index (κ1) is 19.8. The second-order valence-electron chi connectivity index (χ2n) is 7.82.